The zero-order valence-corrected chi connectivity index (χ0v) is 25.9. The molecule has 0 saturated carbocycles. The fourth-order valence-corrected chi connectivity index (χ4v) is 8.81. The van der Waals surface area contributed by atoms with E-state index in [1.165, 1.54) is 115 Å². The number of hydrogen-bond acceptors (Lipinski definition) is 0. The molecule has 45 heavy (non-hydrogen) atoms. The summed E-state index contributed by atoms with van der Waals surface area (Å²) in [6, 6.07) is 39.7. The first-order chi connectivity index (χ1) is 22.1. The molecule has 0 heterocycles. The van der Waals surface area contributed by atoms with E-state index >= 15 is 0 Å². The topological polar surface area (TPSA) is 0 Å². The van der Waals surface area contributed by atoms with Crippen molar-refractivity contribution in [1.82, 2.24) is 0 Å². The lowest BCUT2D eigenvalue weighted by Crippen LogP contribution is -1.96. The molecule has 0 heteroatoms. The number of hydrogen-bond donors (Lipinski definition) is 0. The molecule has 0 aliphatic heterocycles. The molecule has 0 amide bonds. The Kier molecular flexibility index (Phi) is 4.99. The average Bonchev–Trinajstić information content (AvgIpc) is 3.40. The van der Waals surface area contributed by atoms with E-state index in [1.807, 2.05) is 0 Å². The summed E-state index contributed by atoms with van der Waals surface area (Å²) in [6.07, 6.45) is 6.93. The number of allylic oxidation sites excluding steroid dienone is 1. The van der Waals surface area contributed by atoms with E-state index < -0.39 is 0 Å². The second-order valence-electron chi connectivity index (χ2n) is 13.3. The van der Waals surface area contributed by atoms with Crippen LogP contribution in [-0.4, -0.2) is 0 Å². The zero-order valence-electron chi connectivity index (χ0n) is 25.9. The van der Waals surface area contributed by atoms with E-state index in [9.17, 15) is 0 Å². The fourth-order valence-electron chi connectivity index (χ4n) is 8.81. The van der Waals surface area contributed by atoms with Crippen LogP contribution >= 0.6 is 0 Å². The third kappa shape index (κ3) is 3.32. The quantitative estimate of drug-likeness (QED) is 0.172. The van der Waals surface area contributed by atoms with Crippen LogP contribution < -0.4 is 0 Å². The first-order valence-electron chi connectivity index (χ1n) is 16.2. The van der Waals surface area contributed by atoms with Gasteiger partial charge >= 0.3 is 0 Å². The molecule has 0 saturated heterocycles. The predicted octanol–water partition coefficient (Wildman–Crippen LogP) is 12.7. The van der Waals surface area contributed by atoms with Gasteiger partial charge in [-0.2, -0.15) is 0 Å². The van der Waals surface area contributed by atoms with E-state index in [-0.39, 0.29) is 0 Å². The van der Waals surface area contributed by atoms with Gasteiger partial charge in [0.25, 0.3) is 0 Å². The Hall–Kier alpha value is -5.20. The van der Waals surface area contributed by atoms with Gasteiger partial charge in [-0.3, -0.25) is 0 Å². The Morgan fingerprint density at radius 1 is 0.467 bits per heavy atom. The maximum Gasteiger partial charge on any atom is -0.00171 e. The smallest absolute Gasteiger partial charge is 0.00171 e. The van der Waals surface area contributed by atoms with Crippen LogP contribution in [0.2, 0.25) is 0 Å². The molecule has 0 nitrogen and oxygen atoms in total. The molecular weight excluding hydrogens is 540 g/mol. The van der Waals surface area contributed by atoms with Crippen LogP contribution in [0.1, 0.15) is 34.2 Å². The maximum absolute atomic E-state index is 2.50. The van der Waals surface area contributed by atoms with Gasteiger partial charge in [-0.25, -0.2) is 0 Å². The molecule has 2 aliphatic carbocycles. The summed E-state index contributed by atoms with van der Waals surface area (Å²) in [5, 5.41) is 13.4. The van der Waals surface area contributed by atoms with Crippen molar-refractivity contribution in [3.63, 3.8) is 0 Å². The fraction of sp³-hybridized carbons (Fsp3) is 0.111. The predicted molar refractivity (Wildman–Crippen MR) is 195 cm³/mol. The van der Waals surface area contributed by atoms with Crippen molar-refractivity contribution in [3.8, 4) is 33.4 Å². The molecule has 0 unspecified atom stereocenters. The Morgan fingerprint density at radius 2 is 1.20 bits per heavy atom. The molecule has 0 aromatic heterocycles. The minimum absolute atomic E-state index is 1.12. The lowest BCUT2D eigenvalue weighted by molar-refractivity contribution is 0.990. The first kappa shape index (κ1) is 25.2. The Morgan fingerprint density at radius 3 is 2.11 bits per heavy atom. The molecule has 0 atom stereocenters. The molecule has 0 spiro atoms. The molecule has 212 valence electrons. The molecule has 10 rings (SSSR count). The van der Waals surface area contributed by atoms with Crippen molar-refractivity contribution in [3.05, 3.63) is 137 Å². The average molecular weight is 573 g/mol. The Labute approximate surface area is 263 Å². The van der Waals surface area contributed by atoms with Gasteiger partial charge in [-0.1, -0.05) is 109 Å². The van der Waals surface area contributed by atoms with Crippen molar-refractivity contribution in [1.29, 1.82) is 0 Å². The van der Waals surface area contributed by atoms with Crippen LogP contribution in [0.15, 0.2) is 109 Å². The number of aryl methyl sites for hydroxylation is 4. The summed E-state index contributed by atoms with van der Waals surface area (Å²) in [7, 11) is 0. The largest absolute Gasteiger partial charge is 0.0836 e. The molecular formula is C45H32. The Balaban J connectivity index is 1.35. The second kappa shape index (κ2) is 8.93. The minimum Gasteiger partial charge on any atom is -0.0836 e. The van der Waals surface area contributed by atoms with E-state index in [0.717, 1.165) is 12.8 Å². The summed E-state index contributed by atoms with van der Waals surface area (Å²) < 4.78 is 0. The van der Waals surface area contributed by atoms with Crippen LogP contribution in [0, 0.1) is 20.8 Å². The third-order valence-corrected chi connectivity index (χ3v) is 10.7. The van der Waals surface area contributed by atoms with Crippen molar-refractivity contribution in [2.45, 2.75) is 33.6 Å². The van der Waals surface area contributed by atoms with Crippen LogP contribution in [0.5, 0.6) is 0 Å². The molecule has 8 aromatic rings. The highest BCUT2D eigenvalue weighted by molar-refractivity contribution is 6.30. The van der Waals surface area contributed by atoms with E-state index in [4.69, 9.17) is 0 Å². The molecule has 0 radical (unpaired) electrons. The van der Waals surface area contributed by atoms with Gasteiger partial charge < -0.3 is 0 Å². The van der Waals surface area contributed by atoms with Crippen molar-refractivity contribution >= 4 is 59.9 Å². The summed E-state index contributed by atoms with van der Waals surface area (Å²) in [5.74, 6) is 0. The van der Waals surface area contributed by atoms with E-state index in [2.05, 4.69) is 136 Å². The van der Waals surface area contributed by atoms with Crippen molar-refractivity contribution in [2.75, 3.05) is 0 Å². The SMILES string of the molecule is Cc1cc(C)c2c(c1)-c1cc3c4ccccc4c(-c4cccc5c4ccc4ccc6c(c45)C=CCC6)cc3c3ccc(C)c-2c13. The standard InChI is InChI=1S/C45H32/c1-25-21-27(3)42-40(22-25)41-24-38-32-12-7-6-11-31(32)37(23-39(38)36-19-15-26(2)43(42)45(36)41)33-13-8-14-35-34(33)20-18-29-17-16-28-9-4-5-10-30(28)44(29)35/h5-8,10-24H,4,9H2,1-3H3. The van der Waals surface area contributed by atoms with Crippen LogP contribution in [0.25, 0.3) is 93.3 Å². The Bertz CT molecular complexity index is 2660. The van der Waals surface area contributed by atoms with Gasteiger partial charge in [0.1, 0.15) is 0 Å². The van der Waals surface area contributed by atoms with Gasteiger partial charge in [-0.15, -0.1) is 0 Å². The molecule has 0 fully saturated rings. The molecule has 0 bridgehead atoms. The third-order valence-electron chi connectivity index (χ3n) is 10.7. The lowest BCUT2D eigenvalue weighted by Gasteiger charge is -2.18. The second-order valence-corrected chi connectivity index (χ2v) is 13.3. The van der Waals surface area contributed by atoms with Crippen molar-refractivity contribution in [2.24, 2.45) is 0 Å². The van der Waals surface area contributed by atoms with Gasteiger partial charge in [0.05, 0.1) is 0 Å². The maximum atomic E-state index is 2.50. The van der Waals surface area contributed by atoms with E-state index in [0.29, 0.717) is 0 Å². The summed E-state index contributed by atoms with van der Waals surface area (Å²) >= 11 is 0. The summed E-state index contributed by atoms with van der Waals surface area (Å²) in [6.45, 7) is 6.78. The highest BCUT2D eigenvalue weighted by Gasteiger charge is 2.27. The van der Waals surface area contributed by atoms with Crippen LogP contribution in [0.3, 0.4) is 0 Å². The van der Waals surface area contributed by atoms with Gasteiger partial charge in [0, 0.05) is 0 Å². The highest BCUT2D eigenvalue weighted by Crippen LogP contribution is 2.53. The first-order valence-corrected chi connectivity index (χ1v) is 16.2. The van der Waals surface area contributed by atoms with Crippen molar-refractivity contribution < 1.29 is 0 Å². The highest BCUT2D eigenvalue weighted by atomic mass is 14.3. The van der Waals surface area contributed by atoms with Gasteiger partial charge in [-0.05, 0) is 155 Å². The molecule has 0 N–H and O–H groups in total. The van der Waals surface area contributed by atoms with Gasteiger partial charge in [0.2, 0.25) is 0 Å². The number of fused-ring (bicyclic) bond motifs is 12. The number of rotatable bonds is 1. The zero-order chi connectivity index (χ0) is 30.0. The van der Waals surface area contributed by atoms with Crippen LogP contribution in [-0.2, 0) is 6.42 Å². The molecule has 8 aromatic carbocycles. The van der Waals surface area contributed by atoms with Gasteiger partial charge in [0.15, 0.2) is 0 Å². The van der Waals surface area contributed by atoms with Crippen LogP contribution in [0.4, 0.5) is 0 Å². The lowest BCUT2D eigenvalue weighted by atomic mass is 9.85. The summed E-state index contributed by atoms with van der Waals surface area (Å²) in [5.41, 5.74) is 15.1. The minimum atomic E-state index is 1.12. The number of benzene rings is 8. The normalized spacial score (nSPS) is 13.4. The monoisotopic (exact) mass is 572 g/mol. The summed E-state index contributed by atoms with van der Waals surface area (Å²) in [4.78, 5) is 0. The van der Waals surface area contributed by atoms with E-state index in [1.54, 1.807) is 0 Å². The molecule has 2 aliphatic rings.